The smallest absolute Gasteiger partial charge is 0.227 e. The van der Waals surface area contributed by atoms with E-state index < -0.39 is 0 Å². The number of aromatic nitrogens is 1. The van der Waals surface area contributed by atoms with Crippen LogP contribution in [0.1, 0.15) is 68.9 Å². The highest BCUT2D eigenvalue weighted by Crippen LogP contribution is 2.23. The summed E-state index contributed by atoms with van der Waals surface area (Å²) in [5.41, 5.74) is 1.73. The van der Waals surface area contributed by atoms with Crippen LogP contribution in [0.25, 0.3) is 0 Å². The summed E-state index contributed by atoms with van der Waals surface area (Å²) in [4.78, 5) is 14.9. The van der Waals surface area contributed by atoms with Gasteiger partial charge in [0.25, 0.3) is 0 Å². The Balaban J connectivity index is 1.67. The first-order valence-electron chi connectivity index (χ1n) is 8.95. The fourth-order valence-electron chi connectivity index (χ4n) is 3.53. The van der Waals surface area contributed by atoms with Crippen molar-refractivity contribution in [3.8, 4) is 0 Å². The molecule has 130 valence electrons. The largest absolute Gasteiger partial charge is 0.361 e. The molecule has 1 amide bonds. The van der Waals surface area contributed by atoms with Gasteiger partial charge in [0.2, 0.25) is 5.91 Å². The topological polar surface area (TPSA) is 58.4 Å². The maximum Gasteiger partial charge on any atom is 0.227 e. The number of likely N-dealkylation sites (tertiary alicyclic amines) is 1. The normalized spacial score (nSPS) is 20.4. The van der Waals surface area contributed by atoms with E-state index in [2.05, 4.69) is 22.3 Å². The van der Waals surface area contributed by atoms with Gasteiger partial charge >= 0.3 is 0 Å². The van der Waals surface area contributed by atoms with Crippen molar-refractivity contribution in [3.63, 3.8) is 0 Å². The van der Waals surface area contributed by atoms with Crippen molar-refractivity contribution in [2.75, 3.05) is 19.6 Å². The van der Waals surface area contributed by atoms with Gasteiger partial charge in [0, 0.05) is 18.2 Å². The van der Waals surface area contributed by atoms with E-state index >= 15 is 0 Å². The molecule has 0 aliphatic carbocycles. The first-order chi connectivity index (χ1) is 11.0. The number of amides is 1. The predicted molar refractivity (Wildman–Crippen MR) is 91.5 cm³/mol. The van der Waals surface area contributed by atoms with Gasteiger partial charge in [-0.3, -0.25) is 4.79 Å². The van der Waals surface area contributed by atoms with Crippen LogP contribution in [0, 0.1) is 13.8 Å². The molecule has 23 heavy (non-hydrogen) atoms. The first kappa shape index (κ1) is 18.0. The van der Waals surface area contributed by atoms with Gasteiger partial charge in [0.05, 0.1) is 11.6 Å². The summed E-state index contributed by atoms with van der Waals surface area (Å²) >= 11 is 0. The van der Waals surface area contributed by atoms with Crippen molar-refractivity contribution in [3.05, 3.63) is 17.0 Å². The maximum absolute atomic E-state index is 12.3. The number of hydrogen-bond donors (Lipinski definition) is 1. The number of nitrogens with zero attached hydrogens (tertiary/aromatic N) is 2. The van der Waals surface area contributed by atoms with Gasteiger partial charge in [-0.15, -0.1) is 0 Å². The number of rotatable bonds is 7. The molecule has 1 aromatic rings. The zero-order chi connectivity index (χ0) is 16.8. The number of aryl methyl sites for hydroxylation is 2. The Morgan fingerprint density at radius 2 is 2.17 bits per heavy atom. The van der Waals surface area contributed by atoms with Crippen molar-refractivity contribution in [1.29, 1.82) is 0 Å². The van der Waals surface area contributed by atoms with Gasteiger partial charge in [0.15, 0.2) is 0 Å². The second kappa shape index (κ2) is 8.48. The molecule has 2 atom stereocenters. The van der Waals surface area contributed by atoms with Crippen LogP contribution in [0.4, 0.5) is 0 Å². The second-order valence-corrected chi connectivity index (χ2v) is 6.84. The molecule has 1 aromatic heterocycles. The number of piperidine rings is 1. The van der Waals surface area contributed by atoms with Crippen molar-refractivity contribution < 1.29 is 9.32 Å². The number of nitrogens with one attached hydrogen (secondary N) is 1. The van der Waals surface area contributed by atoms with E-state index in [1.165, 1.54) is 25.8 Å². The van der Waals surface area contributed by atoms with Crippen LogP contribution in [0.5, 0.6) is 0 Å². The number of carbonyl (C=O) groups excluding carboxylic acids is 1. The van der Waals surface area contributed by atoms with Crippen LogP contribution in [0.2, 0.25) is 0 Å². The minimum absolute atomic E-state index is 0.0609. The zero-order valence-corrected chi connectivity index (χ0v) is 15.0. The summed E-state index contributed by atoms with van der Waals surface area (Å²) in [6, 6.07) is 0.720. The monoisotopic (exact) mass is 321 g/mol. The van der Waals surface area contributed by atoms with Crippen molar-refractivity contribution in [1.82, 2.24) is 15.4 Å². The number of hydrogen-bond acceptors (Lipinski definition) is 4. The quantitative estimate of drug-likeness (QED) is 0.784. The van der Waals surface area contributed by atoms with Crippen LogP contribution >= 0.6 is 0 Å². The summed E-state index contributed by atoms with van der Waals surface area (Å²) in [5.74, 6) is 0.596. The molecule has 2 rings (SSSR count). The van der Waals surface area contributed by atoms with E-state index in [9.17, 15) is 4.79 Å². The second-order valence-electron chi connectivity index (χ2n) is 6.84. The third-order valence-electron chi connectivity index (χ3n) is 5.03. The van der Waals surface area contributed by atoms with E-state index in [1.54, 1.807) is 0 Å². The van der Waals surface area contributed by atoms with E-state index in [0.717, 1.165) is 49.0 Å². The molecule has 5 nitrogen and oxygen atoms in total. The first-order valence-corrected chi connectivity index (χ1v) is 8.95. The van der Waals surface area contributed by atoms with E-state index in [-0.39, 0.29) is 11.8 Å². The Bertz CT molecular complexity index is 493. The Morgan fingerprint density at radius 1 is 1.39 bits per heavy atom. The molecule has 1 aliphatic rings. The lowest BCUT2D eigenvalue weighted by Crippen LogP contribution is -2.38. The Labute approximate surface area is 139 Å². The summed E-state index contributed by atoms with van der Waals surface area (Å²) in [6.07, 6.45) is 6.20. The van der Waals surface area contributed by atoms with Crippen LogP contribution in [0.15, 0.2) is 4.52 Å². The molecule has 5 heteroatoms. The molecule has 1 aliphatic heterocycles. The van der Waals surface area contributed by atoms with E-state index in [1.807, 2.05) is 20.8 Å². The molecule has 1 saturated heterocycles. The molecule has 0 saturated carbocycles. The van der Waals surface area contributed by atoms with Gasteiger partial charge in [-0.25, -0.2) is 0 Å². The maximum atomic E-state index is 12.3. The highest BCUT2D eigenvalue weighted by molar-refractivity contribution is 5.83. The fourth-order valence-corrected chi connectivity index (χ4v) is 3.53. The molecular weight excluding hydrogens is 290 g/mol. The molecule has 0 unspecified atom stereocenters. The van der Waals surface area contributed by atoms with Crippen LogP contribution < -0.4 is 5.32 Å². The van der Waals surface area contributed by atoms with Gasteiger partial charge in [-0.2, -0.15) is 0 Å². The highest BCUT2D eigenvalue weighted by atomic mass is 16.5. The molecule has 1 N–H and O–H groups in total. The molecule has 1 fully saturated rings. The molecule has 0 aromatic carbocycles. The fraction of sp³-hybridized carbons (Fsp3) is 0.778. The molecular formula is C18H31N3O2. The lowest BCUT2D eigenvalue weighted by molar-refractivity contribution is -0.122. The number of carbonyl (C=O) groups is 1. The standard InChI is InChI=1S/C18H31N3O2/c1-13-9-5-7-11-21(13)12-8-6-10-19-18(22)14(2)17-15(3)20-23-16(17)4/h13-14H,5-12H2,1-4H3,(H,19,22)/t13-,14-/m0/s1. The lowest BCUT2D eigenvalue weighted by atomic mass is 9.98. The Morgan fingerprint density at radius 3 is 2.83 bits per heavy atom. The summed E-state index contributed by atoms with van der Waals surface area (Å²) in [5, 5.41) is 6.97. The van der Waals surface area contributed by atoms with Crippen LogP contribution in [0.3, 0.4) is 0 Å². The highest BCUT2D eigenvalue weighted by Gasteiger charge is 2.22. The SMILES string of the molecule is Cc1noc(C)c1[C@H](C)C(=O)NCCCCN1CCCC[C@@H]1C. The molecule has 0 radical (unpaired) electrons. The Kier molecular flexibility index (Phi) is 6.63. The van der Waals surface area contributed by atoms with Gasteiger partial charge in [0.1, 0.15) is 5.76 Å². The van der Waals surface area contributed by atoms with E-state index in [0.29, 0.717) is 0 Å². The van der Waals surface area contributed by atoms with E-state index in [4.69, 9.17) is 4.52 Å². The average Bonchev–Trinajstić information content (AvgIpc) is 2.86. The van der Waals surface area contributed by atoms with Crippen molar-refractivity contribution >= 4 is 5.91 Å². The van der Waals surface area contributed by atoms with Gasteiger partial charge in [-0.1, -0.05) is 11.6 Å². The van der Waals surface area contributed by atoms with Gasteiger partial charge in [-0.05, 0) is 66.5 Å². The minimum atomic E-state index is -0.205. The predicted octanol–water partition coefficient (Wildman–Crippen LogP) is 3.17. The summed E-state index contributed by atoms with van der Waals surface area (Å²) < 4.78 is 5.15. The lowest BCUT2D eigenvalue weighted by Gasteiger charge is -2.33. The van der Waals surface area contributed by atoms with Crippen molar-refractivity contribution in [2.45, 2.75) is 71.8 Å². The zero-order valence-electron chi connectivity index (χ0n) is 15.0. The van der Waals surface area contributed by atoms with Crippen LogP contribution in [-0.4, -0.2) is 41.6 Å². The minimum Gasteiger partial charge on any atom is -0.361 e. The molecule has 0 bridgehead atoms. The summed E-state index contributed by atoms with van der Waals surface area (Å²) in [6.45, 7) is 11.1. The molecule has 2 heterocycles. The third kappa shape index (κ3) is 4.80. The number of unbranched alkanes of at least 4 members (excludes halogenated alkanes) is 1. The summed E-state index contributed by atoms with van der Waals surface area (Å²) in [7, 11) is 0. The third-order valence-corrected chi connectivity index (χ3v) is 5.03. The molecule has 0 spiro atoms. The van der Waals surface area contributed by atoms with Crippen molar-refractivity contribution in [2.24, 2.45) is 0 Å². The average molecular weight is 321 g/mol. The van der Waals surface area contributed by atoms with Crippen LogP contribution in [-0.2, 0) is 4.79 Å². The Hall–Kier alpha value is -1.36. The van der Waals surface area contributed by atoms with Gasteiger partial charge < -0.3 is 14.7 Å².